The number of nitro groups is 2. The minimum atomic E-state index is -0.670. The lowest BCUT2D eigenvalue weighted by atomic mass is 10.0. The fourth-order valence-electron chi connectivity index (χ4n) is 2.99. The zero-order chi connectivity index (χ0) is 21.5. The molecule has 0 aliphatic carbocycles. The highest BCUT2D eigenvalue weighted by atomic mass is 16.6. The third-order valence-corrected chi connectivity index (χ3v) is 4.51. The quantitative estimate of drug-likeness (QED) is 0.290. The van der Waals surface area contributed by atoms with Crippen molar-refractivity contribution in [2.45, 2.75) is 19.8 Å². The first-order chi connectivity index (χ1) is 14.5. The first-order valence-corrected chi connectivity index (χ1v) is 9.41. The standard InChI is InChI=1S/C22H20N4O4/c1-2-6-20(18-11-9-17(10-12-18)16-7-4-3-5-8-16)23-24-21-14-13-19(25(27)28)15-22(21)26(29)30/h3-5,7-15,24H,2,6H2,1H3/b23-20+. The lowest BCUT2D eigenvalue weighted by Crippen LogP contribution is -2.05. The SMILES string of the molecule is CCC/C(=N\Nc1ccc([N+](=O)[O-])cc1[N+](=O)[O-])c1ccc(-c2ccccc2)cc1. The summed E-state index contributed by atoms with van der Waals surface area (Å²) in [5, 5.41) is 26.6. The average Bonchev–Trinajstić information content (AvgIpc) is 2.77. The Morgan fingerprint density at radius 1 is 0.900 bits per heavy atom. The van der Waals surface area contributed by atoms with Crippen LogP contribution in [-0.4, -0.2) is 15.6 Å². The van der Waals surface area contributed by atoms with Gasteiger partial charge in [-0.3, -0.25) is 25.7 Å². The van der Waals surface area contributed by atoms with Crippen LogP contribution >= 0.6 is 0 Å². The Balaban J connectivity index is 1.88. The van der Waals surface area contributed by atoms with Crippen LogP contribution < -0.4 is 5.43 Å². The minimum absolute atomic E-state index is 0.0973. The first-order valence-electron chi connectivity index (χ1n) is 9.41. The van der Waals surface area contributed by atoms with Gasteiger partial charge in [-0.2, -0.15) is 5.10 Å². The molecule has 0 saturated carbocycles. The molecule has 0 radical (unpaired) electrons. The van der Waals surface area contributed by atoms with E-state index in [1.54, 1.807) is 0 Å². The number of nitrogens with one attached hydrogen (secondary N) is 1. The maximum Gasteiger partial charge on any atom is 0.301 e. The third-order valence-electron chi connectivity index (χ3n) is 4.51. The second kappa shape index (κ2) is 9.42. The van der Waals surface area contributed by atoms with Gasteiger partial charge in [-0.1, -0.05) is 67.9 Å². The van der Waals surface area contributed by atoms with E-state index in [-0.39, 0.29) is 11.4 Å². The van der Waals surface area contributed by atoms with Crippen LogP contribution in [0.1, 0.15) is 25.3 Å². The van der Waals surface area contributed by atoms with Gasteiger partial charge in [-0.15, -0.1) is 0 Å². The third kappa shape index (κ3) is 4.85. The van der Waals surface area contributed by atoms with E-state index in [1.165, 1.54) is 12.1 Å². The topological polar surface area (TPSA) is 111 Å². The van der Waals surface area contributed by atoms with Crippen LogP contribution in [0.2, 0.25) is 0 Å². The van der Waals surface area contributed by atoms with Crippen molar-refractivity contribution < 1.29 is 9.85 Å². The Hall–Kier alpha value is -4.07. The number of nitrogens with zero attached hydrogens (tertiary/aromatic N) is 3. The number of benzene rings is 3. The maximum absolute atomic E-state index is 11.3. The van der Waals surface area contributed by atoms with Gasteiger partial charge in [-0.25, -0.2) is 0 Å². The van der Waals surface area contributed by atoms with Crippen LogP contribution in [0, 0.1) is 20.2 Å². The van der Waals surface area contributed by atoms with Crippen molar-refractivity contribution in [1.29, 1.82) is 0 Å². The molecule has 0 spiro atoms. The second-order valence-corrected chi connectivity index (χ2v) is 6.58. The van der Waals surface area contributed by atoms with E-state index in [0.29, 0.717) is 6.42 Å². The average molecular weight is 404 g/mol. The summed E-state index contributed by atoms with van der Waals surface area (Å²) in [6.07, 6.45) is 1.50. The molecule has 0 heterocycles. The summed E-state index contributed by atoms with van der Waals surface area (Å²) >= 11 is 0. The lowest BCUT2D eigenvalue weighted by molar-refractivity contribution is -0.393. The van der Waals surface area contributed by atoms with Gasteiger partial charge in [0.15, 0.2) is 0 Å². The molecule has 0 unspecified atom stereocenters. The van der Waals surface area contributed by atoms with Crippen LogP contribution in [0.25, 0.3) is 11.1 Å². The summed E-state index contributed by atoms with van der Waals surface area (Å²) in [6.45, 7) is 2.02. The van der Waals surface area contributed by atoms with Gasteiger partial charge < -0.3 is 0 Å². The van der Waals surface area contributed by atoms with E-state index in [2.05, 4.69) is 10.5 Å². The molecule has 152 valence electrons. The molecule has 3 aromatic carbocycles. The predicted octanol–water partition coefficient (Wildman–Crippen LogP) is 5.79. The van der Waals surface area contributed by atoms with Crippen molar-refractivity contribution in [2.24, 2.45) is 5.10 Å². The van der Waals surface area contributed by atoms with Gasteiger partial charge in [0.1, 0.15) is 5.69 Å². The maximum atomic E-state index is 11.3. The number of hydrazone groups is 1. The highest BCUT2D eigenvalue weighted by Crippen LogP contribution is 2.29. The molecule has 8 nitrogen and oxygen atoms in total. The van der Waals surface area contributed by atoms with Crippen LogP contribution in [0.15, 0.2) is 77.9 Å². The molecule has 8 heteroatoms. The van der Waals surface area contributed by atoms with Gasteiger partial charge in [0, 0.05) is 6.07 Å². The van der Waals surface area contributed by atoms with E-state index in [1.807, 2.05) is 61.5 Å². The minimum Gasteiger partial charge on any atom is -0.271 e. The molecule has 0 fully saturated rings. The number of hydrogen-bond donors (Lipinski definition) is 1. The summed E-state index contributed by atoms with van der Waals surface area (Å²) in [6, 6.07) is 21.3. The van der Waals surface area contributed by atoms with Crippen LogP contribution in [0.5, 0.6) is 0 Å². The first kappa shape index (κ1) is 20.7. The zero-order valence-electron chi connectivity index (χ0n) is 16.3. The summed E-state index contributed by atoms with van der Waals surface area (Å²) in [4.78, 5) is 20.9. The van der Waals surface area contributed by atoms with E-state index >= 15 is 0 Å². The summed E-state index contributed by atoms with van der Waals surface area (Å²) in [5.74, 6) is 0. The lowest BCUT2D eigenvalue weighted by Gasteiger charge is -2.09. The molecular weight excluding hydrogens is 384 g/mol. The van der Waals surface area contributed by atoms with Crippen LogP contribution in [-0.2, 0) is 0 Å². The molecular formula is C22H20N4O4. The molecule has 0 aliphatic rings. The van der Waals surface area contributed by atoms with Gasteiger partial charge in [0.25, 0.3) is 5.69 Å². The number of rotatable bonds is 8. The van der Waals surface area contributed by atoms with E-state index in [4.69, 9.17) is 0 Å². The Morgan fingerprint density at radius 3 is 2.17 bits per heavy atom. The van der Waals surface area contributed by atoms with Crippen molar-refractivity contribution in [3.8, 4) is 11.1 Å². The molecule has 30 heavy (non-hydrogen) atoms. The van der Waals surface area contributed by atoms with Crippen LogP contribution in [0.4, 0.5) is 17.1 Å². The molecule has 0 atom stereocenters. The van der Waals surface area contributed by atoms with Crippen molar-refractivity contribution >= 4 is 22.8 Å². The second-order valence-electron chi connectivity index (χ2n) is 6.58. The Morgan fingerprint density at radius 2 is 1.57 bits per heavy atom. The monoisotopic (exact) mass is 404 g/mol. The van der Waals surface area contributed by atoms with Crippen LogP contribution in [0.3, 0.4) is 0 Å². The van der Waals surface area contributed by atoms with Gasteiger partial charge in [0.05, 0.1) is 21.6 Å². The zero-order valence-corrected chi connectivity index (χ0v) is 16.3. The van der Waals surface area contributed by atoms with Crippen molar-refractivity contribution in [1.82, 2.24) is 0 Å². The normalized spacial score (nSPS) is 11.2. The van der Waals surface area contributed by atoms with Gasteiger partial charge >= 0.3 is 5.69 Å². The summed E-state index contributed by atoms with van der Waals surface area (Å²) in [5.41, 5.74) is 5.89. The van der Waals surface area contributed by atoms with Crippen molar-refractivity contribution in [3.05, 3.63) is 98.6 Å². The Labute approximate surface area is 173 Å². The number of anilines is 1. The number of nitro benzene ring substituents is 2. The molecule has 0 aromatic heterocycles. The molecule has 3 rings (SSSR count). The molecule has 0 aliphatic heterocycles. The molecule has 0 bridgehead atoms. The van der Waals surface area contributed by atoms with E-state index in [0.717, 1.165) is 34.9 Å². The predicted molar refractivity (Wildman–Crippen MR) is 117 cm³/mol. The Kier molecular flexibility index (Phi) is 6.49. The van der Waals surface area contributed by atoms with E-state index < -0.39 is 15.5 Å². The summed E-state index contributed by atoms with van der Waals surface area (Å²) in [7, 11) is 0. The fraction of sp³-hybridized carbons (Fsp3) is 0.136. The molecule has 1 N–H and O–H groups in total. The molecule has 3 aromatic rings. The number of hydrogen-bond acceptors (Lipinski definition) is 6. The fourth-order valence-corrected chi connectivity index (χ4v) is 2.99. The largest absolute Gasteiger partial charge is 0.301 e. The molecule has 0 amide bonds. The molecule has 0 saturated heterocycles. The Bertz CT molecular complexity index is 1080. The smallest absolute Gasteiger partial charge is 0.271 e. The van der Waals surface area contributed by atoms with E-state index in [9.17, 15) is 20.2 Å². The highest BCUT2D eigenvalue weighted by molar-refractivity contribution is 6.01. The summed E-state index contributed by atoms with van der Waals surface area (Å²) < 4.78 is 0. The van der Waals surface area contributed by atoms with Crippen molar-refractivity contribution in [3.63, 3.8) is 0 Å². The van der Waals surface area contributed by atoms with Gasteiger partial charge in [0.2, 0.25) is 0 Å². The number of non-ortho nitro benzene ring substituents is 1. The van der Waals surface area contributed by atoms with Crippen molar-refractivity contribution in [2.75, 3.05) is 5.43 Å². The van der Waals surface area contributed by atoms with Gasteiger partial charge in [-0.05, 0) is 29.2 Å². The highest BCUT2D eigenvalue weighted by Gasteiger charge is 2.19.